The van der Waals surface area contributed by atoms with E-state index >= 15 is 0 Å². The lowest BCUT2D eigenvalue weighted by Crippen LogP contribution is -2.51. The fourth-order valence-electron chi connectivity index (χ4n) is 3.38. The normalized spacial score (nSPS) is 11.9. The fourth-order valence-corrected chi connectivity index (χ4v) is 4.42. The standard InChI is InChI=1S/C24H32ClN3O6S/c1-6-13-26-24(30)17(2)27(15-18-9-7-8-10-20(18)25)23(29)16-28(35(5,31)32)21-14-19(33-3)11-12-22(21)34-4/h7-12,14,17H,6,13,15-16H2,1-5H3,(H,26,30)/t17-/m1/s1. The van der Waals surface area contributed by atoms with Crippen LogP contribution in [0.25, 0.3) is 0 Å². The van der Waals surface area contributed by atoms with Crippen molar-refractivity contribution in [3.8, 4) is 11.5 Å². The van der Waals surface area contributed by atoms with Crippen LogP contribution in [-0.2, 0) is 26.2 Å². The number of hydrogen-bond acceptors (Lipinski definition) is 6. The first-order valence-corrected chi connectivity index (χ1v) is 13.3. The van der Waals surface area contributed by atoms with E-state index in [0.717, 1.165) is 17.0 Å². The van der Waals surface area contributed by atoms with Crippen LogP contribution < -0.4 is 19.1 Å². The van der Waals surface area contributed by atoms with Crippen molar-refractivity contribution in [3.05, 3.63) is 53.1 Å². The largest absolute Gasteiger partial charge is 0.497 e. The molecule has 2 rings (SSSR count). The number of nitrogens with one attached hydrogen (secondary N) is 1. The maximum atomic E-state index is 13.6. The number of methoxy groups -OCH3 is 2. The lowest BCUT2D eigenvalue weighted by Gasteiger charge is -2.32. The summed E-state index contributed by atoms with van der Waals surface area (Å²) >= 11 is 6.31. The van der Waals surface area contributed by atoms with Crippen molar-refractivity contribution >= 4 is 39.1 Å². The third-order valence-electron chi connectivity index (χ3n) is 5.35. The molecular formula is C24H32ClN3O6S. The van der Waals surface area contributed by atoms with Crippen LogP contribution in [0.15, 0.2) is 42.5 Å². The number of benzene rings is 2. The van der Waals surface area contributed by atoms with Crippen LogP contribution in [0.3, 0.4) is 0 Å². The second kappa shape index (κ2) is 12.6. The van der Waals surface area contributed by atoms with E-state index in [9.17, 15) is 18.0 Å². The Labute approximate surface area is 212 Å². The number of halogens is 1. The van der Waals surface area contributed by atoms with Crippen molar-refractivity contribution < 1.29 is 27.5 Å². The number of sulfonamides is 1. The quantitative estimate of drug-likeness (QED) is 0.456. The van der Waals surface area contributed by atoms with Gasteiger partial charge in [-0.15, -0.1) is 0 Å². The molecule has 0 aliphatic carbocycles. The number of amides is 2. The molecule has 0 saturated carbocycles. The maximum Gasteiger partial charge on any atom is 0.244 e. The first-order valence-electron chi connectivity index (χ1n) is 11.0. The van der Waals surface area contributed by atoms with Crippen molar-refractivity contribution in [3.63, 3.8) is 0 Å². The van der Waals surface area contributed by atoms with Crippen LogP contribution in [0.4, 0.5) is 5.69 Å². The highest BCUT2D eigenvalue weighted by Crippen LogP contribution is 2.34. The van der Waals surface area contributed by atoms with Gasteiger partial charge >= 0.3 is 0 Å². The smallest absolute Gasteiger partial charge is 0.244 e. The van der Waals surface area contributed by atoms with E-state index in [1.807, 2.05) is 6.92 Å². The molecule has 0 aliphatic heterocycles. The molecule has 0 aliphatic rings. The molecule has 35 heavy (non-hydrogen) atoms. The number of ether oxygens (including phenoxy) is 2. The molecule has 0 aromatic heterocycles. The van der Waals surface area contributed by atoms with Crippen molar-refractivity contribution in [1.82, 2.24) is 10.2 Å². The summed E-state index contributed by atoms with van der Waals surface area (Å²) in [5.74, 6) is -0.297. The molecule has 0 unspecified atom stereocenters. The minimum atomic E-state index is -3.92. The Balaban J connectivity index is 2.48. The van der Waals surface area contributed by atoms with Gasteiger partial charge in [0.25, 0.3) is 0 Å². The van der Waals surface area contributed by atoms with E-state index in [1.165, 1.54) is 25.2 Å². The zero-order chi connectivity index (χ0) is 26.2. The Morgan fingerprint density at radius 1 is 1.11 bits per heavy atom. The van der Waals surface area contributed by atoms with Crippen LogP contribution in [-0.4, -0.2) is 64.7 Å². The van der Waals surface area contributed by atoms with E-state index < -0.39 is 28.5 Å². The van der Waals surface area contributed by atoms with Gasteiger partial charge in [-0.3, -0.25) is 13.9 Å². The Morgan fingerprint density at radius 2 is 1.80 bits per heavy atom. The first kappa shape index (κ1) is 28.3. The molecule has 0 spiro atoms. The average molecular weight is 526 g/mol. The number of carbonyl (C=O) groups is 2. The number of carbonyl (C=O) groups excluding carboxylic acids is 2. The number of hydrogen-bond donors (Lipinski definition) is 1. The van der Waals surface area contributed by atoms with Crippen LogP contribution >= 0.6 is 11.6 Å². The predicted molar refractivity (Wildman–Crippen MR) is 137 cm³/mol. The molecule has 0 bridgehead atoms. The summed E-state index contributed by atoms with van der Waals surface area (Å²) in [4.78, 5) is 27.7. The molecule has 192 valence electrons. The highest BCUT2D eigenvalue weighted by Gasteiger charge is 2.31. The molecule has 11 heteroatoms. The second-order valence-electron chi connectivity index (χ2n) is 7.89. The molecule has 0 saturated heterocycles. The van der Waals surface area contributed by atoms with Crippen LogP contribution in [0.2, 0.25) is 5.02 Å². The van der Waals surface area contributed by atoms with E-state index in [1.54, 1.807) is 43.3 Å². The van der Waals surface area contributed by atoms with E-state index in [-0.39, 0.29) is 23.9 Å². The molecule has 2 amide bonds. The van der Waals surface area contributed by atoms with Gasteiger partial charge in [-0.25, -0.2) is 8.42 Å². The van der Waals surface area contributed by atoms with Gasteiger partial charge in [0, 0.05) is 24.2 Å². The van der Waals surface area contributed by atoms with Crippen molar-refractivity contribution in [2.75, 3.05) is 37.9 Å². The van der Waals surface area contributed by atoms with Crippen LogP contribution in [0, 0.1) is 0 Å². The Hall–Kier alpha value is -2.98. The molecule has 0 fully saturated rings. The minimum Gasteiger partial charge on any atom is -0.497 e. The van der Waals surface area contributed by atoms with E-state index in [0.29, 0.717) is 22.9 Å². The van der Waals surface area contributed by atoms with Gasteiger partial charge in [-0.1, -0.05) is 36.7 Å². The monoisotopic (exact) mass is 525 g/mol. The SMILES string of the molecule is CCCNC(=O)[C@@H](C)N(Cc1ccccc1Cl)C(=O)CN(c1cc(OC)ccc1OC)S(C)(=O)=O. The van der Waals surface area contributed by atoms with Crippen molar-refractivity contribution in [1.29, 1.82) is 0 Å². The third kappa shape index (κ3) is 7.50. The highest BCUT2D eigenvalue weighted by atomic mass is 35.5. The summed E-state index contributed by atoms with van der Waals surface area (Å²) in [5.41, 5.74) is 0.769. The molecule has 1 N–H and O–H groups in total. The van der Waals surface area contributed by atoms with Gasteiger partial charge in [0.05, 0.1) is 26.2 Å². The van der Waals surface area contributed by atoms with Gasteiger partial charge < -0.3 is 19.7 Å². The summed E-state index contributed by atoms with van der Waals surface area (Å²) in [6.07, 6.45) is 1.73. The van der Waals surface area contributed by atoms with E-state index in [2.05, 4.69) is 5.32 Å². The summed E-state index contributed by atoms with van der Waals surface area (Å²) < 4.78 is 37.1. The van der Waals surface area contributed by atoms with Gasteiger partial charge in [0.1, 0.15) is 24.1 Å². The average Bonchev–Trinajstić information content (AvgIpc) is 2.83. The summed E-state index contributed by atoms with van der Waals surface area (Å²) in [6.45, 7) is 3.43. The Bertz CT molecular complexity index is 1140. The summed E-state index contributed by atoms with van der Waals surface area (Å²) in [6, 6.07) is 10.7. The molecule has 1 atom stereocenters. The van der Waals surface area contributed by atoms with Crippen molar-refractivity contribution in [2.24, 2.45) is 0 Å². The van der Waals surface area contributed by atoms with Crippen LogP contribution in [0.5, 0.6) is 11.5 Å². The molecule has 9 nitrogen and oxygen atoms in total. The third-order valence-corrected chi connectivity index (χ3v) is 6.84. The summed E-state index contributed by atoms with van der Waals surface area (Å²) in [7, 11) is -1.07. The topological polar surface area (TPSA) is 105 Å². The lowest BCUT2D eigenvalue weighted by atomic mass is 10.1. The zero-order valence-electron chi connectivity index (χ0n) is 20.6. The molecular weight excluding hydrogens is 494 g/mol. The van der Waals surface area contributed by atoms with Gasteiger partial charge in [-0.05, 0) is 37.1 Å². The van der Waals surface area contributed by atoms with Gasteiger partial charge in [0.15, 0.2) is 0 Å². The molecule has 0 heterocycles. The second-order valence-corrected chi connectivity index (χ2v) is 10.2. The number of nitrogens with zero attached hydrogens (tertiary/aromatic N) is 2. The first-order chi connectivity index (χ1) is 16.5. The Morgan fingerprint density at radius 3 is 2.37 bits per heavy atom. The summed E-state index contributed by atoms with van der Waals surface area (Å²) in [5, 5.41) is 3.21. The van der Waals surface area contributed by atoms with Gasteiger partial charge in [0.2, 0.25) is 21.8 Å². The van der Waals surface area contributed by atoms with Gasteiger partial charge in [-0.2, -0.15) is 0 Å². The number of anilines is 1. The highest BCUT2D eigenvalue weighted by molar-refractivity contribution is 7.92. The van der Waals surface area contributed by atoms with E-state index in [4.69, 9.17) is 21.1 Å². The minimum absolute atomic E-state index is 0.0199. The predicted octanol–water partition coefficient (Wildman–Crippen LogP) is 3.07. The Kier molecular flexibility index (Phi) is 10.2. The fraction of sp³-hybridized carbons (Fsp3) is 0.417. The molecule has 2 aromatic carbocycles. The zero-order valence-corrected chi connectivity index (χ0v) is 22.1. The van der Waals surface area contributed by atoms with Crippen molar-refractivity contribution in [2.45, 2.75) is 32.9 Å². The lowest BCUT2D eigenvalue weighted by molar-refractivity contribution is -0.139. The van der Waals surface area contributed by atoms with Crippen LogP contribution in [0.1, 0.15) is 25.8 Å². The maximum absolute atomic E-state index is 13.6. The number of rotatable bonds is 12. The molecule has 2 aromatic rings. The molecule has 0 radical (unpaired) electrons.